The van der Waals surface area contributed by atoms with Crippen LogP contribution in [0.3, 0.4) is 0 Å². The Kier molecular flexibility index (Phi) is 11.1. The van der Waals surface area contributed by atoms with Gasteiger partial charge in [0.15, 0.2) is 0 Å². The Balaban J connectivity index is 0.878. The third-order valence-corrected chi connectivity index (χ3v) is 17.1. The number of aromatic nitrogens is 2. The van der Waals surface area contributed by atoms with E-state index in [0.717, 1.165) is 56.3 Å². The van der Waals surface area contributed by atoms with E-state index in [1.165, 1.54) is 82.6 Å². The summed E-state index contributed by atoms with van der Waals surface area (Å²) in [5, 5.41) is 4.93. The van der Waals surface area contributed by atoms with Crippen molar-refractivity contribution in [1.29, 1.82) is 0 Å². The Hall–Kier alpha value is -10.7. The minimum Gasteiger partial charge on any atom is -0.310 e. The van der Waals surface area contributed by atoms with Crippen LogP contribution in [-0.4, -0.2) is 9.13 Å². The highest BCUT2D eigenvalue weighted by molar-refractivity contribution is 6.12. The Labute approximate surface area is 477 Å². The minimum absolute atomic E-state index is 0.522. The smallest absolute Gasteiger partial charge is 0.0714 e. The Morgan fingerprint density at radius 3 is 1.33 bits per heavy atom. The molecule has 0 amide bonds. The van der Waals surface area contributed by atoms with E-state index in [1.54, 1.807) is 0 Å². The normalized spacial score (nSPS) is 12.5. The molecule has 82 heavy (non-hydrogen) atoms. The summed E-state index contributed by atoms with van der Waals surface area (Å²) >= 11 is 0. The lowest BCUT2D eigenvalue weighted by atomic mass is 9.68. The van der Waals surface area contributed by atoms with Crippen molar-refractivity contribution in [3.8, 4) is 55.9 Å². The van der Waals surface area contributed by atoms with E-state index in [4.69, 9.17) is 0 Å². The summed E-state index contributed by atoms with van der Waals surface area (Å²) < 4.78 is 4.81. The average molecular weight is 1040 g/mol. The lowest BCUT2D eigenvalue weighted by Gasteiger charge is -2.34. The van der Waals surface area contributed by atoms with Crippen molar-refractivity contribution in [3.63, 3.8) is 0 Å². The third-order valence-electron chi connectivity index (χ3n) is 17.1. The van der Waals surface area contributed by atoms with Gasteiger partial charge >= 0.3 is 0 Å². The van der Waals surface area contributed by atoms with Gasteiger partial charge in [0.25, 0.3) is 0 Å². The summed E-state index contributed by atoms with van der Waals surface area (Å²) in [7, 11) is 0. The number of hydrogen-bond acceptors (Lipinski definition) is 1. The fraction of sp³-hybridized carbons (Fsp3) is 0.0127. The third kappa shape index (κ3) is 7.44. The maximum Gasteiger partial charge on any atom is 0.0714 e. The molecule has 384 valence electrons. The Bertz CT molecular complexity index is 4850. The van der Waals surface area contributed by atoms with Crippen LogP contribution in [0.5, 0.6) is 0 Å². The van der Waals surface area contributed by atoms with Crippen LogP contribution in [0.1, 0.15) is 22.3 Å². The second-order valence-corrected chi connectivity index (χ2v) is 21.6. The summed E-state index contributed by atoms with van der Waals surface area (Å²) in [5.74, 6) is 0. The zero-order valence-electron chi connectivity index (χ0n) is 44.9. The van der Waals surface area contributed by atoms with Gasteiger partial charge < -0.3 is 14.0 Å². The SMILES string of the molecule is c1ccc(N(c2ccc(-c3cc(-c4ccc5c(c4)c4ccccc4n5-c4ccccc4)cc(-c4ccc5c6ccccc6n(-c6ccccc6)c5c4)c3)cc2)c2cccc3c2-c2ccccc2C3(c2ccccc2)c2ccccc2)cc1. The lowest BCUT2D eigenvalue weighted by Crippen LogP contribution is -2.28. The van der Waals surface area contributed by atoms with E-state index in [-0.39, 0.29) is 0 Å². The van der Waals surface area contributed by atoms with E-state index in [2.05, 4.69) is 336 Å². The van der Waals surface area contributed by atoms with Crippen molar-refractivity contribution >= 4 is 60.7 Å². The molecule has 0 radical (unpaired) electrons. The van der Waals surface area contributed by atoms with Crippen LogP contribution in [0.2, 0.25) is 0 Å². The second-order valence-electron chi connectivity index (χ2n) is 21.6. The zero-order valence-corrected chi connectivity index (χ0v) is 44.9. The standard InChI is InChI=1S/C79H53N3/c1-6-23-60(24-7-1)79(61-25-8-2-9-26-61)71-36-19-16-35-69(71)78-72(79)37-22-40-76(78)80(62-27-10-3-11-28-62)65-45-41-54(42-46-65)57-49-58(55-44-48-75-70(52-55)67-34-18-21-39-74(67)81(75)63-29-12-4-13-30-63)51-59(50-57)56-43-47-68-66-33-17-20-38-73(66)82(77(68)53-56)64-31-14-5-15-32-64/h1-53H. The van der Waals surface area contributed by atoms with Crippen molar-refractivity contribution in [1.82, 2.24) is 9.13 Å². The van der Waals surface area contributed by atoms with Gasteiger partial charge in [-0.2, -0.15) is 0 Å². The molecule has 0 atom stereocenters. The molecule has 0 N–H and O–H groups in total. The van der Waals surface area contributed by atoms with E-state index in [9.17, 15) is 0 Å². The van der Waals surface area contributed by atoms with Crippen molar-refractivity contribution in [2.45, 2.75) is 5.41 Å². The molecule has 0 fully saturated rings. The first-order chi connectivity index (χ1) is 40.7. The lowest BCUT2D eigenvalue weighted by molar-refractivity contribution is 0.768. The number of para-hydroxylation sites is 5. The summed E-state index contributed by atoms with van der Waals surface area (Å²) in [6.07, 6.45) is 0. The molecule has 2 aromatic heterocycles. The topological polar surface area (TPSA) is 13.1 Å². The molecule has 0 saturated heterocycles. The van der Waals surface area contributed by atoms with Gasteiger partial charge in [0.1, 0.15) is 0 Å². The maximum absolute atomic E-state index is 2.45. The highest BCUT2D eigenvalue weighted by Crippen LogP contribution is 2.59. The summed E-state index contributed by atoms with van der Waals surface area (Å²) in [6, 6.07) is 118. The van der Waals surface area contributed by atoms with Crippen LogP contribution >= 0.6 is 0 Å². The van der Waals surface area contributed by atoms with Crippen LogP contribution in [0.4, 0.5) is 17.1 Å². The number of nitrogens with zero attached hydrogens (tertiary/aromatic N) is 3. The Morgan fingerprint density at radius 1 is 0.256 bits per heavy atom. The van der Waals surface area contributed by atoms with Gasteiger partial charge in [-0.3, -0.25) is 0 Å². The second kappa shape index (κ2) is 19.3. The molecule has 0 aliphatic heterocycles. The van der Waals surface area contributed by atoms with Crippen molar-refractivity contribution < 1.29 is 0 Å². The van der Waals surface area contributed by atoms with Crippen LogP contribution in [0, 0.1) is 0 Å². The van der Waals surface area contributed by atoms with E-state index >= 15 is 0 Å². The number of hydrogen-bond donors (Lipinski definition) is 0. The summed E-state index contributed by atoms with van der Waals surface area (Å²) in [5.41, 5.74) is 24.3. The number of fused-ring (bicyclic) bond motifs is 9. The summed E-state index contributed by atoms with van der Waals surface area (Å²) in [4.78, 5) is 2.45. The molecule has 1 aliphatic carbocycles. The van der Waals surface area contributed by atoms with Gasteiger partial charge in [-0.25, -0.2) is 0 Å². The fourth-order valence-electron chi connectivity index (χ4n) is 13.6. The highest BCUT2D eigenvalue weighted by atomic mass is 15.1. The van der Waals surface area contributed by atoms with Gasteiger partial charge in [0, 0.05) is 49.9 Å². The highest BCUT2D eigenvalue weighted by Gasteiger charge is 2.47. The molecule has 0 spiro atoms. The molecule has 15 aromatic rings. The first-order valence-corrected chi connectivity index (χ1v) is 28.3. The number of benzene rings is 13. The largest absolute Gasteiger partial charge is 0.310 e. The summed E-state index contributed by atoms with van der Waals surface area (Å²) in [6.45, 7) is 0. The van der Waals surface area contributed by atoms with Gasteiger partial charge in [-0.05, 0) is 164 Å². The average Bonchev–Trinajstić information content (AvgIpc) is 3.08. The fourth-order valence-corrected chi connectivity index (χ4v) is 13.6. The van der Waals surface area contributed by atoms with Crippen molar-refractivity contribution in [2.24, 2.45) is 0 Å². The minimum atomic E-state index is -0.522. The molecule has 3 heteroatoms. The van der Waals surface area contributed by atoms with Gasteiger partial charge in [-0.1, -0.05) is 218 Å². The van der Waals surface area contributed by atoms with Crippen LogP contribution < -0.4 is 4.90 Å². The molecule has 3 nitrogen and oxygen atoms in total. The van der Waals surface area contributed by atoms with E-state index in [0.29, 0.717) is 0 Å². The maximum atomic E-state index is 2.45. The van der Waals surface area contributed by atoms with Gasteiger partial charge in [-0.15, -0.1) is 0 Å². The Morgan fingerprint density at radius 2 is 0.695 bits per heavy atom. The molecule has 0 saturated carbocycles. The van der Waals surface area contributed by atoms with Gasteiger partial charge in [0.2, 0.25) is 0 Å². The molecular formula is C79H53N3. The molecule has 16 rings (SSSR count). The molecule has 13 aromatic carbocycles. The monoisotopic (exact) mass is 1040 g/mol. The van der Waals surface area contributed by atoms with Gasteiger partial charge in [0.05, 0.1) is 33.2 Å². The molecule has 1 aliphatic rings. The first kappa shape index (κ1) is 47.3. The molecule has 2 heterocycles. The predicted octanol–water partition coefficient (Wildman–Crippen LogP) is 20.7. The predicted molar refractivity (Wildman–Crippen MR) is 343 cm³/mol. The first-order valence-electron chi connectivity index (χ1n) is 28.3. The molecule has 0 unspecified atom stereocenters. The number of rotatable bonds is 10. The van der Waals surface area contributed by atoms with E-state index in [1.807, 2.05) is 0 Å². The zero-order chi connectivity index (χ0) is 54.1. The van der Waals surface area contributed by atoms with Crippen LogP contribution in [0.25, 0.3) is 99.5 Å². The van der Waals surface area contributed by atoms with Crippen molar-refractivity contribution in [3.05, 3.63) is 344 Å². The quantitative estimate of drug-likeness (QED) is 0.133. The van der Waals surface area contributed by atoms with Crippen LogP contribution in [0.15, 0.2) is 322 Å². The van der Waals surface area contributed by atoms with Crippen LogP contribution in [-0.2, 0) is 5.41 Å². The molecular weight excluding hydrogens is 991 g/mol. The number of anilines is 3. The van der Waals surface area contributed by atoms with E-state index < -0.39 is 5.41 Å². The van der Waals surface area contributed by atoms with Crippen molar-refractivity contribution in [2.75, 3.05) is 4.90 Å². The molecule has 0 bridgehead atoms.